The minimum absolute atomic E-state index is 0.0285. The summed E-state index contributed by atoms with van der Waals surface area (Å²) in [4.78, 5) is 17.8. The maximum absolute atomic E-state index is 13.5. The molecule has 37 heavy (non-hydrogen) atoms. The van der Waals surface area contributed by atoms with Crippen molar-refractivity contribution < 1.29 is 17.9 Å². The Morgan fingerprint density at radius 1 is 1.08 bits per heavy atom. The van der Waals surface area contributed by atoms with Gasteiger partial charge in [0.2, 0.25) is 15.9 Å². The van der Waals surface area contributed by atoms with Crippen LogP contribution in [-0.2, 0) is 21.4 Å². The van der Waals surface area contributed by atoms with Crippen molar-refractivity contribution in [3.63, 3.8) is 0 Å². The van der Waals surface area contributed by atoms with E-state index in [0.717, 1.165) is 30.7 Å². The Kier molecular flexibility index (Phi) is 8.59. The molecule has 2 N–H and O–H groups in total. The summed E-state index contributed by atoms with van der Waals surface area (Å²) >= 11 is 4.86. The first-order valence-electron chi connectivity index (χ1n) is 11.2. The van der Waals surface area contributed by atoms with Crippen LogP contribution in [0.3, 0.4) is 0 Å². The van der Waals surface area contributed by atoms with Crippen LogP contribution in [0.1, 0.15) is 5.56 Å². The highest BCUT2D eigenvalue weighted by atomic mass is 79.9. The van der Waals surface area contributed by atoms with Crippen LogP contribution in [0.5, 0.6) is 5.75 Å². The normalized spacial score (nSPS) is 11.4. The maximum atomic E-state index is 13.5. The van der Waals surface area contributed by atoms with E-state index in [1.165, 1.54) is 30.6 Å². The van der Waals surface area contributed by atoms with Crippen LogP contribution in [-0.4, -0.2) is 44.3 Å². The fourth-order valence-corrected chi connectivity index (χ4v) is 5.95. The Labute approximate surface area is 228 Å². The zero-order valence-electron chi connectivity index (χ0n) is 20.1. The first kappa shape index (κ1) is 26.8. The van der Waals surface area contributed by atoms with E-state index >= 15 is 0 Å². The lowest BCUT2D eigenvalue weighted by Crippen LogP contribution is -2.37. The van der Waals surface area contributed by atoms with Crippen molar-refractivity contribution in [3.8, 4) is 17.0 Å². The number of ether oxygens (including phenoxy) is 1. The predicted molar refractivity (Wildman–Crippen MR) is 150 cm³/mol. The molecular formula is C26H25BrN4O4S2. The Bertz CT molecular complexity index is 1480. The molecule has 3 aromatic carbocycles. The molecule has 0 spiro atoms. The number of hydrogen-bond acceptors (Lipinski definition) is 7. The molecule has 0 saturated carbocycles. The molecule has 0 aliphatic heterocycles. The number of carbonyl (C=O) groups is 1. The minimum atomic E-state index is -3.95. The fraction of sp³-hybridized carbons (Fsp3) is 0.154. The third-order valence-corrected chi connectivity index (χ3v) is 8.65. The summed E-state index contributed by atoms with van der Waals surface area (Å²) in [6.45, 7) is -0.359. The number of nitrogens with zero attached hydrogens (tertiary/aromatic N) is 2. The Hall–Kier alpha value is -3.25. The van der Waals surface area contributed by atoms with E-state index in [2.05, 4.69) is 31.5 Å². The van der Waals surface area contributed by atoms with Crippen LogP contribution in [0.4, 0.5) is 10.8 Å². The summed E-state index contributed by atoms with van der Waals surface area (Å²) in [6.07, 6.45) is 0. The van der Waals surface area contributed by atoms with Gasteiger partial charge in [0.05, 0.1) is 29.9 Å². The van der Waals surface area contributed by atoms with E-state index in [0.29, 0.717) is 11.4 Å². The highest BCUT2D eigenvalue weighted by molar-refractivity contribution is 9.10. The quantitative estimate of drug-likeness (QED) is 0.251. The lowest BCUT2D eigenvalue weighted by atomic mass is 10.1. The number of rotatable bonds is 10. The van der Waals surface area contributed by atoms with Gasteiger partial charge in [-0.15, -0.1) is 11.3 Å². The van der Waals surface area contributed by atoms with Gasteiger partial charge in [0.25, 0.3) is 0 Å². The van der Waals surface area contributed by atoms with Crippen LogP contribution >= 0.6 is 27.3 Å². The summed E-state index contributed by atoms with van der Waals surface area (Å²) in [7, 11) is -0.646. The molecule has 0 bridgehead atoms. The summed E-state index contributed by atoms with van der Waals surface area (Å²) in [6, 6.07) is 20.7. The smallest absolute Gasteiger partial charge is 0.243 e. The van der Waals surface area contributed by atoms with Gasteiger partial charge in [0.1, 0.15) is 5.75 Å². The molecular weight excluding hydrogens is 576 g/mol. The second-order valence-electron chi connectivity index (χ2n) is 7.96. The molecule has 1 heterocycles. The van der Waals surface area contributed by atoms with Gasteiger partial charge in [-0.05, 0) is 48.0 Å². The van der Waals surface area contributed by atoms with Crippen molar-refractivity contribution in [1.82, 2.24) is 9.29 Å². The zero-order valence-corrected chi connectivity index (χ0v) is 23.4. The number of sulfonamides is 1. The highest BCUT2D eigenvalue weighted by Gasteiger charge is 2.27. The molecule has 0 aliphatic rings. The third-order valence-electron chi connectivity index (χ3n) is 5.46. The highest BCUT2D eigenvalue weighted by Crippen LogP contribution is 2.32. The van der Waals surface area contributed by atoms with Crippen LogP contribution in [0.25, 0.3) is 11.3 Å². The SMILES string of the molecule is CNc1nc(-c2ccc(OC)c(NC(=O)CN(Cc3ccc(Br)cc3)S(=O)(=O)c3ccccc3)c2)cs1. The third kappa shape index (κ3) is 6.55. The predicted octanol–water partition coefficient (Wildman–Crippen LogP) is 5.45. The average molecular weight is 602 g/mol. The molecule has 0 unspecified atom stereocenters. The summed E-state index contributed by atoms with van der Waals surface area (Å²) in [5.74, 6) is -0.0483. The second kappa shape index (κ2) is 11.9. The van der Waals surface area contributed by atoms with Gasteiger partial charge in [0, 0.05) is 29.0 Å². The number of nitrogens with one attached hydrogen (secondary N) is 2. The Morgan fingerprint density at radius 2 is 1.81 bits per heavy atom. The number of methoxy groups -OCH3 is 1. The molecule has 4 aromatic rings. The number of thiazole rings is 1. The first-order valence-corrected chi connectivity index (χ1v) is 14.3. The van der Waals surface area contributed by atoms with Crippen molar-refractivity contribution in [2.75, 3.05) is 31.3 Å². The maximum Gasteiger partial charge on any atom is 0.243 e. The molecule has 11 heteroatoms. The van der Waals surface area contributed by atoms with Gasteiger partial charge >= 0.3 is 0 Å². The average Bonchev–Trinajstić information content (AvgIpc) is 3.39. The lowest BCUT2D eigenvalue weighted by molar-refractivity contribution is -0.116. The van der Waals surface area contributed by atoms with Gasteiger partial charge in [-0.2, -0.15) is 4.31 Å². The van der Waals surface area contributed by atoms with E-state index in [-0.39, 0.29) is 18.0 Å². The molecule has 0 radical (unpaired) electrons. The van der Waals surface area contributed by atoms with E-state index in [1.807, 2.05) is 35.7 Å². The number of benzene rings is 3. The zero-order chi connectivity index (χ0) is 26.4. The molecule has 4 rings (SSSR count). The Balaban J connectivity index is 1.61. The van der Waals surface area contributed by atoms with Crippen molar-refractivity contribution >= 4 is 54.0 Å². The molecule has 0 saturated heterocycles. The van der Waals surface area contributed by atoms with Crippen molar-refractivity contribution in [3.05, 3.63) is 88.2 Å². The first-order chi connectivity index (χ1) is 17.8. The summed E-state index contributed by atoms with van der Waals surface area (Å²) in [5, 5.41) is 8.51. The molecule has 0 aliphatic carbocycles. The molecule has 192 valence electrons. The summed E-state index contributed by atoms with van der Waals surface area (Å²) in [5.41, 5.74) is 2.71. The monoisotopic (exact) mass is 600 g/mol. The van der Waals surface area contributed by atoms with Crippen molar-refractivity contribution in [1.29, 1.82) is 0 Å². The van der Waals surface area contributed by atoms with Crippen molar-refractivity contribution in [2.45, 2.75) is 11.4 Å². The number of halogens is 1. The number of amides is 1. The largest absolute Gasteiger partial charge is 0.495 e. The number of hydrogen-bond donors (Lipinski definition) is 2. The molecule has 0 fully saturated rings. The van der Waals surface area contributed by atoms with E-state index in [4.69, 9.17) is 4.74 Å². The standard InChI is InChI=1S/C26H25BrN4O4S2/c1-28-26-30-23(17-36-26)19-10-13-24(35-2)22(14-19)29-25(32)16-31(15-18-8-11-20(27)12-9-18)37(33,34)21-6-4-3-5-7-21/h3-14,17H,15-16H2,1-2H3,(H,28,30)(H,29,32). The Morgan fingerprint density at radius 3 is 2.46 bits per heavy atom. The topological polar surface area (TPSA) is 101 Å². The van der Waals surface area contributed by atoms with Gasteiger partial charge < -0.3 is 15.4 Å². The second-order valence-corrected chi connectivity index (χ2v) is 11.7. The van der Waals surface area contributed by atoms with Gasteiger partial charge in [0.15, 0.2) is 5.13 Å². The summed E-state index contributed by atoms with van der Waals surface area (Å²) < 4.78 is 34.4. The molecule has 8 nitrogen and oxygen atoms in total. The van der Waals surface area contributed by atoms with E-state index < -0.39 is 15.9 Å². The van der Waals surface area contributed by atoms with E-state index in [1.54, 1.807) is 37.4 Å². The van der Waals surface area contributed by atoms with Gasteiger partial charge in [-0.1, -0.05) is 46.3 Å². The van der Waals surface area contributed by atoms with Gasteiger partial charge in [-0.3, -0.25) is 4.79 Å². The molecule has 1 aromatic heterocycles. The number of aromatic nitrogens is 1. The fourth-order valence-electron chi connectivity index (χ4n) is 3.60. The lowest BCUT2D eigenvalue weighted by Gasteiger charge is -2.22. The van der Waals surface area contributed by atoms with Crippen LogP contribution in [0.15, 0.2) is 87.5 Å². The van der Waals surface area contributed by atoms with Crippen LogP contribution in [0, 0.1) is 0 Å². The minimum Gasteiger partial charge on any atom is -0.495 e. The van der Waals surface area contributed by atoms with E-state index in [9.17, 15) is 13.2 Å². The molecule has 0 atom stereocenters. The van der Waals surface area contributed by atoms with Crippen LogP contribution < -0.4 is 15.4 Å². The van der Waals surface area contributed by atoms with Gasteiger partial charge in [-0.25, -0.2) is 13.4 Å². The number of carbonyl (C=O) groups excluding carboxylic acids is 1. The van der Waals surface area contributed by atoms with Crippen molar-refractivity contribution in [2.24, 2.45) is 0 Å². The number of anilines is 2. The molecule has 1 amide bonds. The van der Waals surface area contributed by atoms with Crippen LogP contribution in [0.2, 0.25) is 0 Å².